The van der Waals surface area contributed by atoms with Crippen LogP contribution in [0.4, 0.5) is 0 Å². The van der Waals surface area contributed by atoms with Gasteiger partial charge in [-0.3, -0.25) is 0 Å². The van der Waals surface area contributed by atoms with Gasteiger partial charge in [0.2, 0.25) is 0 Å². The van der Waals surface area contributed by atoms with Crippen molar-refractivity contribution in [3.05, 3.63) is 0 Å². The summed E-state index contributed by atoms with van der Waals surface area (Å²) in [6.07, 6.45) is 45.9. The van der Waals surface area contributed by atoms with Gasteiger partial charge in [-0.25, -0.2) is 0 Å². The van der Waals surface area contributed by atoms with E-state index in [1.54, 1.807) is 8.87 Å². The fraction of sp³-hybridized carbons (Fsp3) is 0.931. The average Bonchev–Trinajstić information content (AvgIpc) is 3.35. The van der Waals surface area contributed by atoms with E-state index in [9.17, 15) is 39.6 Å². The van der Waals surface area contributed by atoms with E-state index in [0.29, 0.717) is 25.7 Å². The molecule has 0 N–H and O–H groups in total. The first-order valence-electron chi connectivity index (χ1n) is 29.8. The van der Waals surface area contributed by atoms with Crippen molar-refractivity contribution in [2.24, 2.45) is 0 Å². The molecule has 0 aliphatic rings. The van der Waals surface area contributed by atoms with Crippen LogP contribution in [0.3, 0.4) is 0 Å². The van der Waals surface area contributed by atoms with E-state index in [-0.39, 0.29) is 42.3 Å². The van der Waals surface area contributed by atoms with Crippen LogP contribution in [0.15, 0.2) is 0 Å². The number of rotatable bonds is 46. The van der Waals surface area contributed by atoms with Crippen LogP contribution in [0, 0.1) is 0 Å². The van der Waals surface area contributed by atoms with Crippen LogP contribution in [0.5, 0.6) is 0 Å². The van der Waals surface area contributed by atoms with Crippen LogP contribution >= 0.6 is 101 Å². The van der Waals surface area contributed by atoms with E-state index >= 15 is 0 Å². The number of hydrogen-bond donors (Lipinski definition) is 8. The van der Waals surface area contributed by atoms with Gasteiger partial charge in [-0.05, 0) is 25.7 Å². The Balaban J connectivity index is -0.000000201. The molecule has 0 unspecified atom stereocenters. The van der Waals surface area contributed by atoms with Crippen molar-refractivity contribution in [1.82, 2.24) is 0 Å². The molecule has 0 aliphatic heterocycles. The van der Waals surface area contributed by atoms with E-state index in [4.69, 9.17) is 0 Å². The summed E-state index contributed by atoms with van der Waals surface area (Å²) in [6.45, 7) is 13.4. The maximum atomic E-state index is 10.6. The number of carboxylic acids is 4. The fourth-order valence-electron chi connectivity index (χ4n) is 7.16. The normalized spacial score (nSPS) is 11.1. The van der Waals surface area contributed by atoms with Crippen molar-refractivity contribution in [2.75, 3.05) is 0 Å². The zero-order chi connectivity index (χ0) is 59.4. The molecule has 0 spiro atoms. The third kappa shape index (κ3) is 74.3. The Kier molecular flexibility index (Phi) is 78.2. The van der Waals surface area contributed by atoms with E-state index in [1.807, 2.05) is 0 Å². The summed E-state index contributed by atoms with van der Waals surface area (Å²) in [5.41, 5.74) is 0. The predicted octanol–water partition coefficient (Wildman–Crippen LogP) is 15.2. The predicted molar refractivity (Wildman–Crippen MR) is 354 cm³/mol. The molecule has 0 aromatic heterocycles. The number of carboxylic acid groups (broad SMARTS) is 4. The third-order valence-corrected chi connectivity index (χ3v) is 19.5. The number of aliphatic carboxylic acids is 4. The summed E-state index contributed by atoms with van der Waals surface area (Å²) in [4.78, 5) is 47.0. The van der Waals surface area contributed by atoms with Crippen molar-refractivity contribution >= 4 is 167 Å². The maximum absolute atomic E-state index is 10.6. The van der Waals surface area contributed by atoms with E-state index in [2.05, 4.69) is 152 Å². The monoisotopic (exact) mass is 1440 g/mol. The van der Waals surface area contributed by atoms with Gasteiger partial charge in [-0.15, -0.1) is 0 Å². The van der Waals surface area contributed by atoms with Crippen molar-refractivity contribution in [2.45, 2.75) is 333 Å². The molecule has 0 fully saturated rings. The molecule has 18 heteroatoms. The fourth-order valence-corrected chi connectivity index (χ4v) is 12.6. The minimum absolute atomic E-state index is 0.149. The number of hydrogen-bond acceptors (Lipinski definition) is 16. The van der Waals surface area contributed by atoms with Crippen molar-refractivity contribution < 1.29 is 39.6 Å². The van der Waals surface area contributed by atoms with Crippen LogP contribution in [0.2, 0.25) is 18.8 Å². The topological polar surface area (TPSA) is 161 Å². The Morgan fingerprint density at radius 2 is 0.408 bits per heavy atom. The van der Waals surface area contributed by atoms with Crippen molar-refractivity contribution in [3.8, 4) is 0 Å². The van der Waals surface area contributed by atoms with Gasteiger partial charge in [-0.1, -0.05) is 233 Å². The first kappa shape index (κ1) is 89.5. The summed E-state index contributed by atoms with van der Waals surface area (Å²) in [6, 6.07) is 0. The molecule has 0 saturated heterocycles. The average molecular weight is 1440 g/mol. The number of carbonyl (C=O) groups excluding carboxylic acids is 4. The second kappa shape index (κ2) is 66.4. The molecular weight excluding hydrogens is 1320 g/mol. The number of carbonyl (C=O) groups is 4. The van der Waals surface area contributed by atoms with Crippen LogP contribution in [0.1, 0.15) is 298 Å². The quantitative estimate of drug-likeness (QED) is 0.0129. The summed E-state index contributed by atoms with van der Waals surface area (Å²) in [7, 11) is 0. The Hall–Kier alpha value is 2.28. The van der Waals surface area contributed by atoms with Gasteiger partial charge in [0, 0.05) is 0 Å². The molecule has 0 heterocycles. The Morgan fingerprint density at radius 1 is 0.276 bits per heavy atom. The summed E-state index contributed by atoms with van der Waals surface area (Å²) in [5.74, 6) is -4.77. The second-order valence-electron chi connectivity index (χ2n) is 20.3. The molecule has 0 atom stereocenters. The van der Waals surface area contributed by atoms with Crippen molar-refractivity contribution in [1.29, 1.82) is 0 Å². The second-order valence-corrected chi connectivity index (χ2v) is 34.9. The summed E-state index contributed by atoms with van der Waals surface area (Å²) >= 11 is 32.0. The molecule has 0 rings (SSSR count). The van der Waals surface area contributed by atoms with E-state index in [1.165, 1.54) is 180 Å². The molecule has 0 aliphatic carbocycles. The van der Waals surface area contributed by atoms with Gasteiger partial charge < -0.3 is 39.6 Å². The van der Waals surface area contributed by atoms with Crippen LogP contribution < -0.4 is 20.4 Å². The standard InChI is InChI=1S/4C12H24O2S2.2C4H9.2CH3.2Sn/c4*1-2-3-4-5-6-7-8-9-10-12(15,16)11(13)14;2*1-3-4-2;;;;/h4*15-16H,2-10H2,1H3,(H,13,14);2*1,3-4H2,2H3;2*1H3;;/q;;;;;;;;2*+2/p-4. The van der Waals surface area contributed by atoms with Crippen LogP contribution in [-0.4, -0.2) is 82.5 Å². The Morgan fingerprint density at radius 3 is 0.539 bits per heavy atom. The zero-order valence-corrected chi connectivity index (χ0v) is 62.4. The van der Waals surface area contributed by atoms with Gasteiger partial charge >= 0.3 is 101 Å². The molecule has 0 bridgehead atoms. The summed E-state index contributed by atoms with van der Waals surface area (Å²) in [5, 5.41) is 42.4. The first-order chi connectivity index (χ1) is 35.8. The van der Waals surface area contributed by atoms with E-state index in [0.717, 1.165) is 51.4 Å². The molecular formula is C58H116O8S8Sn2. The minimum atomic E-state index is -1.26. The SMILES string of the molecule is CCCCCCCCCCC(S)(S)C(=O)[O-].CCCCCCCCCCC(S)(S)C(=O)[O-].CCCCCCCCCCC(S)(S)C(=O)[O-].CCCCCCCCCCC(S)(S)C(=O)[O-].CCC[CH2][Sn+2][CH2]CCC.[CH3][Sn+2][CH3]. The molecule has 0 radical (unpaired) electrons. The molecule has 0 amide bonds. The van der Waals surface area contributed by atoms with Crippen LogP contribution in [0.25, 0.3) is 0 Å². The molecule has 8 nitrogen and oxygen atoms in total. The zero-order valence-electron chi connectivity index (χ0n) is 49.5. The van der Waals surface area contributed by atoms with Gasteiger partial charge in [-0.2, -0.15) is 101 Å². The molecule has 76 heavy (non-hydrogen) atoms. The Bertz CT molecular complexity index is 1080. The number of thiol groups is 8. The van der Waals surface area contributed by atoms with E-state index < -0.39 is 40.2 Å². The Labute approximate surface area is 534 Å². The molecule has 0 aromatic carbocycles. The molecule has 0 aromatic rings. The van der Waals surface area contributed by atoms with Gasteiger partial charge in [0.05, 0.1) is 40.2 Å². The van der Waals surface area contributed by atoms with Gasteiger partial charge in [0.15, 0.2) is 0 Å². The third-order valence-electron chi connectivity index (χ3n) is 12.2. The van der Waals surface area contributed by atoms with Crippen molar-refractivity contribution in [3.63, 3.8) is 0 Å². The van der Waals surface area contributed by atoms with Gasteiger partial charge in [0.25, 0.3) is 0 Å². The first-order valence-corrected chi connectivity index (χ1v) is 43.1. The molecule has 0 saturated carbocycles. The number of unbranched alkanes of at least 4 members (excludes halogenated alkanes) is 30. The van der Waals surface area contributed by atoms with Crippen LogP contribution in [-0.2, 0) is 19.2 Å². The molecule has 452 valence electrons. The summed E-state index contributed by atoms with van der Waals surface area (Å²) < 4.78 is -1.80. The van der Waals surface area contributed by atoms with Gasteiger partial charge in [0.1, 0.15) is 0 Å².